The molecule has 0 spiro atoms. The third-order valence-electron chi connectivity index (χ3n) is 4.54. The van der Waals surface area contributed by atoms with Crippen LogP contribution in [-0.4, -0.2) is 24.5 Å². The highest BCUT2D eigenvalue weighted by Gasteiger charge is 2.38. The zero-order valence-electron chi connectivity index (χ0n) is 13.4. The molecule has 0 bridgehead atoms. The van der Waals surface area contributed by atoms with Crippen LogP contribution in [0.4, 0.5) is 13.2 Å². The van der Waals surface area contributed by atoms with Crippen LogP contribution in [0.5, 0.6) is 0 Å². The molecule has 2 unspecified atom stereocenters. The van der Waals surface area contributed by atoms with Gasteiger partial charge in [-0.1, -0.05) is 5.16 Å². The Kier molecular flexibility index (Phi) is 3.89. The second kappa shape index (κ2) is 6.11. The molecule has 7 nitrogen and oxygen atoms in total. The van der Waals surface area contributed by atoms with E-state index >= 15 is 0 Å². The first kappa shape index (κ1) is 16.6. The molecule has 0 radical (unpaired) electrons. The smallest absolute Gasteiger partial charge is 0.329 e. The van der Waals surface area contributed by atoms with Crippen LogP contribution in [-0.2, 0) is 6.18 Å². The molecular formula is C16H14F3N5O2. The predicted molar refractivity (Wildman–Crippen MR) is 83.1 cm³/mol. The third-order valence-corrected chi connectivity index (χ3v) is 4.54. The van der Waals surface area contributed by atoms with Gasteiger partial charge in [-0.05, 0) is 31.4 Å². The molecule has 0 amide bonds. The summed E-state index contributed by atoms with van der Waals surface area (Å²) in [4.78, 5) is 15.9. The first-order valence-electron chi connectivity index (χ1n) is 8.06. The highest BCUT2D eigenvalue weighted by molar-refractivity contribution is 5.52. The van der Waals surface area contributed by atoms with E-state index in [4.69, 9.17) is 0 Å². The number of hydrogen-bond acceptors (Lipinski definition) is 5. The Balaban J connectivity index is 1.64. The first-order chi connectivity index (χ1) is 12.4. The Morgan fingerprint density at radius 2 is 2.00 bits per heavy atom. The molecule has 1 saturated carbocycles. The van der Waals surface area contributed by atoms with Crippen molar-refractivity contribution in [2.24, 2.45) is 0 Å². The predicted octanol–water partition coefficient (Wildman–Crippen LogP) is 3.08. The molecule has 3 aromatic rings. The monoisotopic (exact) mass is 365 g/mol. The maximum Gasteiger partial charge on any atom is 0.471 e. The van der Waals surface area contributed by atoms with E-state index in [1.54, 1.807) is 17.0 Å². The molecule has 0 N–H and O–H groups in total. The summed E-state index contributed by atoms with van der Waals surface area (Å²) in [5.74, 6) is -1.71. The average Bonchev–Trinajstić information content (AvgIpc) is 3.33. The van der Waals surface area contributed by atoms with Crippen molar-refractivity contribution in [1.29, 1.82) is 0 Å². The van der Waals surface area contributed by atoms with Crippen molar-refractivity contribution in [3.8, 4) is 11.4 Å². The van der Waals surface area contributed by atoms with E-state index in [2.05, 4.69) is 19.8 Å². The molecule has 1 aliphatic rings. The lowest BCUT2D eigenvalue weighted by Gasteiger charge is -2.22. The van der Waals surface area contributed by atoms with Gasteiger partial charge < -0.3 is 9.09 Å². The number of nitrogens with zero attached hydrogens (tertiary/aromatic N) is 5. The average molecular weight is 365 g/mol. The highest BCUT2D eigenvalue weighted by Crippen LogP contribution is 2.38. The topological polar surface area (TPSA) is 78.7 Å². The SMILES string of the molecule is O=c1cc(-c2noc(C(F)(F)F)n2)ccn1C1CCCC1n1cccn1. The summed E-state index contributed by atoms with van der Waals surface area (Å²) in [6, 6.07) is 4.58. The summed E-state index contributed by atoms with van der Waals surface area (Å²) in [5.41, 5.74) is -0.149. The van der Waals surface area contributed by atoms with Crippen molar-refractivity contribution in [2.45, 2.75) is 37.5 Å². The van der Waals surface area contributed by atoms with E-state index in [1.807, 2.05) is 16.9 Å². The molecule has 136 valence electrons. The van der Waals surface area contributed by atoms with Crippen molar-refractivity contribution < 1.29 is 17.7 Å². The Bertz CT molecular complexity index is 961. The van der Waals surface area contributed by atoms with E-state index in [0.29, 0.717) is 0 Å². The standard InChI is InChI=1S/C16H14F3N5O2/c17-16(18,19)15-21-14(22-26-15)10-5-8-23(13(25)9-10)11-3-1-4-12(11)24-7-2-6-20-24/h2,5-9,11-12H,1,3-4H2. The van der Waals surface area contributed by atoms with Crippen molar-refractivity contribution in [2.75, 3.05) is 0 Å². The first-order valence-corrected chi connectivity index (χ1v) is 8.06. The van der Waals surface area contributed by atoms with Crippen LogP contribution in [0.1, 0.15) is 37.2 Å². The molecule has 1 aliphatic carbocycles. The Labute approximate surface area is 145 Å². The minimum atomic E-state index is -4.72. The zero-order chi connectivity index (χ0) is 18.3. The molecule has 10 heteroatoms. The molecular weight excluding hydrogens is 351 g/mol. The number of hydrogen-bond donors (Lipinski definition) is 0. The lowest BCUT2D eigenvalue weighted by Crippen LogP contribution is -2.27. The largest absolute Gasteiger partial charge is 0.471 e. The fourth-order valence-corrected chi connectivity index (χ4v) is 3.39. The van der Waals surface area contributed by atoms with Crippen molar-refractivity contribution in [3.63, 3.8) is 0 Å². The summed E-state index contributed by atoms with van der Waals surface area (Å²) >= 11 is 0. The molecule has 26 heavy (non-hydrogen) atoms. The van der Waals surface area contributed by atoms with Crippen molar-refractivity contribution >= 4 is 0 Å². The highest BCUT2D eigenvalue weighted by atomic mass is 19.4. The van der Waals surface area contributed by atoms with Crippen LogP contribution in [0, 0.1) is 0 Å². The molecule has 1 fully saturated rings. The number of halogens is 3. The minimum absolute atomic E-state index is 0.0625. The summed E-state index contributed by atoms with van der Waals surface area (Å²) in [6.45, 7) is 0. The maximum atomic E-state index is 12.6. The molecule has 2 atom stereocenters. The lowest BCUT2D eigenvalue weighted by atomic mass is 10.1. The summed E-state index contributed by atoms with van der Waals surface area (Å²) in [6.07, 6.45) is 3.08. The quantitative estimate of drug-likeness (QED) is 0.713. The van der Waals surface area contributed by atoms with Crippen LogP contribution in [0.3, 0.4) is 0 Å². The second-order valence-corrected chi connectivity index (χ2v) is 6.13. The van der Waals surface area contributed by atoms with Gasteiger partial charge in [0.15, 0.2) is 0 Å². The van der Waals surface area contributed by atoms with Crippen LogP contribution in [0.15, 0.2) is 46.1 Å². The van der Waals surface area contributed by atoms with Gasteiger partial charge in [-0.2, -0.15) is 23.3 Å². The van der Waals surface area contributed by atoms with E-state index in [-0.39, 0.29) is 29.0 Å². The van der Waals surface area contributed by atoms with Gasteiger partial charge >= 0.3 is 12.1 Å². The van der Waals surface area contributed by atoms with Crippen molar-refractivity contribution in [3.05, 3.63) is 53.0 Å². The molecule has 0 saturated heterocycles. The third kappa shape index (κ3) is 2.91. The van der Waals surface area contributed by atoms with Gasteiger partial charge in [0.25, 0.3) is 5.56 Å². The molecule has 0 aliphatic heterocycles. The summed E-state index contributed by atoms with van der Waals surface area (Å²) in [7, 11) is 0. The lowest BCUT2D eigenvalue weighted by molar-refractivity contribution is -0.159. The summed E-state index contributed by atoms with van der Waals surface area (Å²) < 4.78 is 45.4. The molecule has 4 rings (SSSR count). The van der Waals surface area contributed by atoms with Crippen LogP contribution in [0.2, 0.25) is 0 Å². The van der Waals surface area contributed by atoms with Gasteiger partial charge in [-0.25, -0.2) is 0 Å². The number of pyridine rings is 1. The van der Waals surface area contributed by atoms with Gasteiger partial charge in [0.1, 0.15) is 0 Å². The van der Waals surface area contributed by atoms with Gasteiger partial charge in [0.05, 0.1) is 12.1 Å². The maximum absolute atomic E-state index is 12.6. The van der Waals surface area contributed by atoms with Crippen LogP contribution >= 0.6 is 0 Å². The molecule has 0 aromatic carbocycles. The fourth-order valence-electron chi connectivity index (χ4n) is 3.39. The van der Waals surface area contributed by atoms with E-state index in [0.717, 1.165) is 19.3 Å². The zero-order valence-corrected chi connectivity index (χ0v) is 13.4. The van der Waals surface area contributed by atoms with Gasteiger partial charge in [0, 0.05) is 30.2 Å². The van der Waals surface area contributed by atoms with Crippen LogP contribution < -0.4 is 5.56 Å². The number of rotatable bonds is 3. The summed E-state index contributed by atoms with van der Waals surface area (Å²) in [5, 5.41) is 7.57. The normalized spacial score (nSPS) is 20.6. The van der Waals surface area contributed by atoms with Crippen molar-refractivity contribution in [1.82, 2.24) is 24.5 Å². The van der Waals surface area contributed by atoms with E-state index in [9.17, 15) is 18.0 Å². The molecule has 3 aromatic heterocycles. The van der Waals surface area contributed by atoms with Gasteiger partial charge in [0.2, 0.25) is 5.82 Å². The van der Waals surface area contributed by atoms with E-state index in [1.165, 1.54) is 12.1 Å². The Morgan fingerprint density at radius 1 is 1.19 bits per heavy atom. The fraction of sp³-hybridized carbons (Fsp3) is 0.375. The van der Waals surface area contributed by atoms with Gasteiger partial charge in [-0.3, -0.25) is 9.48 Å². The van der Waals surface area contributed by atoms with E-state index < -0.39 is 12.1 Å². The van der Waals surface area contributed by atoms with Crippen LogP contribution in [0.25, 0.3) is 11.4 Å². The Morgan fingerprint density at radius 3 is 2.65 bits per heavy atom. The number of aromatic nitrogens is 5. The Hall–Kier alpha value is -2.91. The molecule has 3 heterocycles. The van der Waals surface area contributed by atoms with Gasteiger partial charge in [-0.15, -0.1) is 0 Å². The second-order valence-electron chi connectivity index (χ2n) is 6.13. The minimum Gasteiger partial charge on any atom is -0.329 e. The number of alkyl halides is 3.